The minimum absolute atomic E-state index is 0.0705. The number of carbonyl (C=O) groups excluding carboxylic acids is 1. The Morgan fingerprint density at radius 2 is 1.62 bits per heavy atom. The summed E-state index contributed by atoms with van der Waals surface area (Å²) in [6, 6.07) is 27.2. The molecule has 0 saturated heterocycles. The molecule has 3 aromatic carbocycles. The largest absolute Gasteiger partial charge is 0.380 e. The van der Waals surface area contributed by atoms with Crippen molar-refractivity contribution in [3.8, 4) is 11.1 Å². The summed E-state index contributed by atoms with van der Waals surface area (Å²) in [5.41, 5.74) is 9.39. The lowest BCUT2D eigenvalue weighted by molar-refractivity contribution is -0.107. The molecular weight excluding hydrogens is 598 g/mol. The van der Waals surface area contributed by atoms with Gasteiger partial charge in [-0.05, 0) is 35.4 Å². The maximum absolute atomic E-state index is 15.3. The SMILES string of the molecule is COC(COP(OCc1ccccc1)OCc1ccccc1)CN(C=O)c1ccc(-c2ccc(/C(N)=N/N(C)N)nc2)c(F)c1. The lowest BCUT2D eigenvalue weighted by Gasteiger charge is -2.25. The molecule has 0 aliphatic rings. The molecule has 1 unspecified atom stereocenters. The molecule has 1 heterocycles. The minimum atomic E-state index is -1.75. The molecule has 0 saturated carbocycles. The molecule has 45 heavy (non-hydrogen) atoms. The Morgan fingerprint density at radius 1 is 0.978 bits per heavy atom. The first-order valence-electron chi connectivity index (χ1n) is 14.0. The van der Waals surface area contributed by atoms with Crippen molar-refractivity contribution in [1.29, 1.82) is 0 Å². The van der Waals surface area contributed by atoms with Crippen LogP contribution in [0.2, 0.25) is 0 Å². The number of hydrazine groups is 1. The molecule has 0 bridgehead atoms. The van der Waals surface area contributed by atoms with Gasteiger partial charge in [-0.25, -0.2) is 15.4 Å². The van der Waals surface area contributed by atoms with E-state index >= 15 is 4.39 Å². The van der Waals surface area contributed by atoms with Crippen molar-refractivity contribution in [2.24, 2.45) is 16.7 Å². The van der Waals surface area contributed by atoms with Gasteiger partial charge >= 0.3 is 8.60 Å². The highest BCUT2D eigenvalue weighted by Crippen LogP contribution is 2.42. The van der Waals surface area contributed by atoms with Crippen molar-refractivity contribution in [2.45, 2.75) is 19.3 Å². The van der Waals surface area contributed by atoms with E-state index in [1.54, 1.807) is 24.3 Å². The number of amides is 1. The smallest absolute Gasteiger partial charge is 0.333 e. The molecule has 0 radical (unpaired) electrons. The lowest BCUT2D eigenvalue weighted by atomic mass is 10.1. The van der Waals surface area contributed by atoms with Crippen LogP contribution in [-0.4, -0.2) is 55.8 Å². The van der Waals surface area contributed by atoms with Crippen LogP contribution < -0.4 is 16.5 Å². The summed E-state index contributed by atoms with van der Waals surface area (Å²) >= 11 is 0. The van der Waals surface area contributed by atoms with Crippen molar-refractivity contribution < 1.29 is 27.5 Å². The monoisotopic (exact) mass is 634 g/mol. The van der Waals surface area contributed by atoms with Crippen LogP contribution in [0.25, 0.3) is 11.1 Å². The van der Waals surface area contributed by atoms with Crippen molar-refractivity contribution in [1.82, 2.24) is 10.1 Å². The number of hydrazone groups is 1. The number of anilines is 1. The Balaban J connectivity index is 1.39. The fourth-order valence-corrected chi connectivity index (χ4v) is 5.15. The molecule has 4 rings (SSSR count). The van der Waals surface area contributed by atoms with E-state index in [9.17, 15) is 4.79 Å². The Labute approximate surface area is 263 Å². The van der Waals surface area contributed by atoms with Gasteiger partial charge in [-0.3, -0.25) is 9.78 Å². The van der Waals surface area contributed by atoms with E-state index in [4.69, 9.17) is 29.9 Å². The number of benzene rings is 3. The van der Waals surface area contributed by atoms with Crippen molar-refractivity contribution in [3.05, 3.63) is 120 Å². The summed E-state index contributed by atoms with van der Waals surface area (Å²) in [7, 11) is 1.29. The van der Waals surface area contributed by atoms with Gasteiger partial charge in [0, 0.05) is 37.2 Å². The molecule has 4 N–H and O–H groups in total. The third-order valence-electron chi connectivity index (χ3n) is 6.47. The summed E-state index contributed by atoms with van der Waals surface area (Å²) in [6.45, 7) is 0.773. The molecule has 0 aliphatic heterocycles. The molecular formula is C32H36FN6O5P. The Hall–Kier alpha value is -4.29. The zero-order valence-electron chi connectivity index (χ0n) is 25.0. The standard InChI is InChI=1S/C32H36FN6O5P/c1-38(35)37-32(34)31-16-13-26(18-36-31)29-15-14-27(17-30(29)33)39(23-40)19-28(41-2)22-44-45(42-20-24-9-5-3-6-10-24)43-21-25-11-7-4-8-12-25/h3-18,23,28H,19-22,35H2,1-2H3,(H2,34,37). The molecule has 1 amide bonds. The molecule has 1 aromatic heterocycles. The van der Waals surface area contributed by atoms with E-state index in [1.807, 2.05) is 60.7 Å². The van der Waals surface area contributed by atoms with E-state index in [-0.39, 0.29) is 19.0 Å². The Morgan fingerprint density at radius 3 is 2.13 bits per heavy atom. The molecule has 236 valence electrons. The lowest BCUT2D eigenvalue weighted by Crippen LogP contribution is -2.35. The predicted molar refractivity (Wildman–Crippen MR) is 172 cm³/mol. The second kappa shape index (κ2) is 17.3. The van der Waals surface area contributed by atoms with Gasteiger partial charge < -0.3 is 28.9 Å². The molecule has 13 heteroatoms. The van der Waals surface area contributed by atoms with Crippen molar-refractivity contribution in [2.75, 3.05) is 32.2 Å². The average Bonchev–Trinajstić information content (AvgIpc) is 3.06. The average molecular weight is 635 g/mol. The fraction of sp³-hybridized carbons (Fsp3) is 0.219. The summed E-state index contributed by atoms with van der Waals surface area (Å²) in [5.74, 6) is 5.08. The van der Waals surface area contributed by atoms with Gasteiger partial charge in [0.05, 0.1) is 32.5 Å². The van der Waals surface area contributed by atoms with E-state index in [0.717, 1.165) is 16.2 Å². The van der Waals surface area contributed by atoms with Crippen LogP contribution in [-0.2, 0) is 36.3 Å². The van der Waals surface area contributed by atoms with Crippen LogP contribution in [0.1, 0.15) is 16.8 Å². The Bertz CT molecular complexity index is 1470. The zero-order chi connectivity index (χ0) is 32.0. The van der Waals surface area contributed by atoms with Gasteiger partial charge in [-0.2, -0.15) is 0 Å². The second-order valence-corrected chi connectivity index (χ2v) is 11.0. The number of ether oxygens (including phenoxy) is 1. The highest BCUT2D eigenvalue weighted by molar-refractivity contribution is 7.41. The number of pyridine rings is 1. The zero-order valence-corrected chi connectivity index (χ0v) is 25.9. The van der Waals surface area contributed by atoms with Crippen LogP contribution >= 0.6 is 8.60 Å². The topological polar surface area (TPSA) is 138 Å². The Kier molecular flexibility index (Phi) is 12.9. The predicted octanol–water partition coefficient (Wildman–Crippen LogP) is 4.97. The van der Waals surface area contributed by atoms with Gasteiger partial charge in [-0.15, -0.1) is 5.10 Å². The number of rotatable bonds is 17. The minimum Gasteiger partial charge on any atom is -0.380 e. The van der Waals surface area contributed by atoms with E-state index < -0.39 is 20.5 Å². The number of hydrogen-bond acceptors (Lipinski definition) is 9. The molecule has 0 fully saturated rings. The van der Waals surface area contributed by atoms with Gasteiger partial charge in [0.15, 0.2) is 5.84 Å². The molecule has 0 spiro atoms. The maximum Gasteiger partial charge on any atom is 0.333 e. The first-order valence-corrected chi connectivity index (χ1v) is 15.1. The van der Waals surface area contributed by atoms with E-state index in [1.165, 1.54) is 31.3 Å². The summed E-state index contributed by atoms with van der Waals surface area (Å²) in [5, 5.41) is 4.97. The number of carbonyl (C=O) groups is 1. The molecule has 1 atom stereocenters. The first kappa shape index (κ1) is 33.6. The number of nitrogens with zero attached hydrogens (tertiary/aromatic N) is 4. The number of halogens is 1. The number of hydrogen-bond donors (Lipinski definition) is 2. The highest BCUT2D eigenvalue weighted by Gasteiger charge is 2.21. The highest BCUT2D eigenvalue weighted by atomic mass is 31.2. The van der Waals surface area contributed by atoms with Crippen LogP contribution in [0.3, 0.4) is 0 Å². The second-order valence-electron chi connectivity index (χ2n) is 9.81. The van der Waals surface area contributed by atoms with Gasteiger partial charge in [0.2, 0.25) is 6.41 Å². The van der Waals surface area contributed by atoms with Crippen LogP contribution in [0.5, 0.6) is 0 Å². The number of nitrogens with two attached hydrogens (primary N) is 2. The van der Waals surface area contributed by atoms with Gasteiger partial charge in [0.25, 0.3) is 0 Å². The van der Waals surface area contributed by atoms with Gasteiger partial charge in [0.1, 0.15) is 11.5 Å². The first-order chi connectivity index (χ1) is 21.9. The molecule has 11 nitrogen and oxygen atoms in total. The summed E-state index contributed by atoms with van der Waals surface area (Å²) < 4.78 is 38.8. The number of aromatic nitrogens is 1. The van der Waals surface area contributed by atoms with Gasteiger partial charge in [-0.1, -0.05) is 66.7 Å². The number of amidine groups is 1. The summed E-state index contributed by atoms with van der Waals surface area (Å²) in [6.07, 6.45) is 1.55. The van der Waals surface area contributed by atoms with E-state index in [0.29, 0.717) is 42.1 Å². The maximum atomic E-state index is 15.3. The quantitative estimate of drug-likeness (QED) is 0.0412. The third kappa shape index (κ3) is 10.4. The van der Waals surface area contributed by atoms with E-state index in [2.05, 4.69) is 10.1 Å². The third-order valence-corrected chi connectivity index (χ3v) is 7.51. The van der Waals surface area contributed by atoms with Crippen LogP contribution in [0.15, 0.2) is 102 Å². The molecule has 4 aromatic rings. The summed E-state index contributed by atoms with van der Waals surface area (Å²) in [4.78, 5) is 17.7. The number of methoxy groups -OCH3 is 1. The normalized spacial score (nSPS) is 12.2. The van der Waals surface area contributed by atoms with Crippen LogP contribution in [0, 0.1) is 5.82 Å². The molecule has 0 aliphatic carbocycles. The van der Waals surface area contributed by atoms with Crippen LogP contribution in [0.4, 0.5) is 10.1 Å². The van der Waals surface area contributed by atoms with Crippen molar-refractivity contribution in [3.63, 3.8) is 0 Å². The van der Waals surface area contributed by atoms with Crippen molar-refractivity contribution >= 4 is 26.5 Å². The fourth-order valence-electron chi connectivity index (χ4n) is 4.13.